The first kappa shape index (κ1) is 11.7. The van der Waals surface area contributed by atoms with E-state index in [1.54, 1.807) is 17.9 Å². The highest BCUT2D eigenvalue weighted by Gasteiger charge is 2.08. The number of nitrogens with zero attached hydrogens (tertiary/aromatic N) is 1. The molecule has 0 heterocycles. The minimum absolute atomic E-state index is 0.192. The SMILES string of the molecule is CC(C)=CC(=N/C=C/I)C(F)F. The Kier molecular flexibility index (Phi) is 6.14. The minimum atomic E-state index is -2.51. The summed E-state index contributed by atoms with van der Waals surface area (Å²) >= 11 is 1.92. The summed E-state index contributed by atoms with van der Waals surface area (Å²) in [5.41, 5.74) is 0.624. The summed E-state index contributed by atoms with van der Waals surface area (Å²) < 4.78 is 25.9. The molecule has 12 heavy (non-hydrogen) atoms. The van der Waals surface area contributed by atoms with Crippen molar-refractivity contribution in [1.29, 1.82) is 0 Å². The van der Waals surface area contributed by atoms with Crippen molar-refractivity contribution in [1.82, 2.24) is 0 Å². The largest absolute Gasteiger partial charge is 0.280 e. The highest BCUT2D eigenvalue weighted by atomic mass is 127. The van der Waals surface area contributed by atoms with Crippen LogP contribution in [0.3, 0.4) is 0 Å². The number of hydrogen-bond donors (Lipinski definition) is 0. The van der Waals surface area contributed by atoms with Crippen LogP contribution in [-0.2, 0) is 0 Å². The van der Waals surface area contributed by atoms with Gasteiger partial charge in [-0.2, -0.15) is 0 Å². The van der Waals surface area contributed by atoms with Gasteiger partial charge in [0.1, 0.15) is 5.71 Å². The second-order valence-electron chi connectivity index (χ2n) is 2.35. The molecule has 0 aromatic heterocycles. The highest BCUT2D eigenvalue weighted by Crippen LogP contribution is 2.03. The van der Waals surface area contributed by atoms with Crippen LogP contribution >= 0.6 is 22.6 Å². The van der Waals surface area contributed by atoms with E-state index in [2.05, 4.69) is 4.99 Å². The Morgan fingerprint density at radius 1 is 1.42 bits per heavy atom. The maximum absolute atomic E-state index is 12.2. The predicted molar refractivity (Wildman–Crippen MR) is 56.0 cm³/mol. The van der Waals surface area contributed by atoms with Gasteiger partial charge in [0.05, 0.1) is 0 Å². The van der Waals surface area contributed by atoms with Crippen molar-refractivity contribution in [3.63, 3.8) is 0 Å². The predicted octanol–water partition coefficient (Wildman–Crippen LogP) is 3.56. The van der Waals surface area contributed by atoms with Gasteiger partial charge in [-0.3, -0.25) is 4.99 Å². The fraction of sp³-hybridized carbons (Fsp3) is 0.375. The summed E-state index contributed by atoms with van der Waals surface area (Å²) in [5.74, 6) is 0. The molecule has 0 aromatic rings. The molecule has 0 radical (unpaired) electrons. The van der Waals surface area contributed by atoms with E-state index >= 15 is 0 Å². The van der Waals surface area contributed by atoms with E-state index in [-0.39, 0.29) is 5.71 Å². The lowest BCUT2D eigenvalue weighted by molar-refractivity contribution is 0.227. The van der Waals surface area contributed by atoms with Crippen molar-refractivity contribution < 1.29 is 8.78 Å². The van der Waals surface area contributed by atoms with Gasteiger partial charge in [0.15, 0.2) is 0 Å². The third-order valence-electron chi connectivity index (χ3n) is 0.940. The number of allylic oxidation sites excluding steroid dienone is 2. The standard InChI is InChI=1S/C8H10F2IN/c1-6(2)5-7(8(9)10)12-4-3-11/h3-5,8H,1-2H3/b4-3+,12-7?. The first-order chi connectivity index (χ1) is 5.57. The van der Waals surface area contributed by atoms with Crippen molar-refractivity contribution in [2.24, 2.45) is 4.99 Å². The van der Waals surface area contributed by atoms with Gasteiger partial charge < -0.3 is 0 Å². The molecule has 68 valence electrons. The van der Waals surface area contributed by atoms with Crippen LogP contribution in [0.15, 0.2) is 26.9 Å². The zero-order valence-corrected chi connectivity index (χ0v) is 9.05. The molecule has 0 spiro atoms. The summed E-state index contributed by atoms with van der Waals surface area (Å²) in [6, 6.07) is 0. The number of hydrogen-bond acceptors (Lipinski definition) is 1. The molecule has 0 aliphatic rings. The molecule has 0 amide bonds. The minimum Gasteiger partial charge on any atom is -0.255 e. The van der Waals surface area contributed by atoms with Gasteiger partial charge in [0, 0.05) is 6.20 Å². The van der Waals surface area contributed by atoms with Crippen LogP contribution in [0.4, 0.5) is 8.78 Å². The van der Waals surface area contributed by atoms with Crippen LogP contribution in [0.5, 0.6) is 0 Å². The molecule has 0 rings (SSSR count). The summed E-state index contributed by atoms with van der Waals surface area (Å²) in [7, 11) is 0. The number of rotatable bonds is 3. The Labute approximate surface area is 84.4 Å². The number of halogens is 3. The topological polar surface area (TPSA) is 12.4 Å². The molecular formula is C8H10F2IN. The first-order valence-electron chi connectivity index (χ1n) is 3.34. The van der Waals surface area contributed by atoms with E-state index in [0.717, 1.165) is 5.57 Å². The molecule has 0 aliphatic carbocycles. The molecule has 0 fully saturated rings. The Balaban J connectivity index is 4.55. The molecule has 0 aliphatic heterocycles. The van der Waals surface area contributed by atoms with E-state index < -0.39 is 6.43 Å². The third kappa shape index (κ3) is 5.40. The van der Waals surface area contributed by atoms with Crippen LogP contribution in [0.25, 0.3) is 0 Å². The Bertz CT molecular complexity index is 215. The van der Waals surface area contributed by atoms with Crippen LogP contribution in [-0.4, -0.2) is 12.1 Å². The molecule has 0 atom stereocenters. The third-order valence-corrected chi connectivity index (χ3v) is 1.26. The molecule has 0 N–H and O–H groups in total. The second-order valence-corrected chi connectivity index (χ2v) is 3.07. The maximum atomic E-state index is 12.2. The van der Waals surface area contributed by atoms with Crippen molar-refractivity contribution >= 4 is 28.3 Å². The van der Waals surface area contributed by atoms with E-state index in [1.165, 1.54) is 12.3 Å². The van der Waals surface area contributed by atoms with Gasteiger partial charge in [-0.25, -0.2) is 8.78 Å². The van der Waals surface area contributed by atoms with Gasteiger partial charge >= 0.3 is 0 Å². The zero-order valence-electron chi connectivity index (χ0n) is 6.89. The van der Waals surface area contributed by atoms with Gasteiger partial charge in [-0.1, -0.05) is 28.2 Å². The fourth-order valence-electron chi connectivity index (χ4n) is 0.567. The van der Waals surface area contributed by atoms with Crippen LogP contribution in [0.1, 0.15) is 13.8 Å². The van der Waals surface area contributed by atoms with Crippen LogP contribution in [0, 0.1) is 0 Å². The Morgan fingerprint density at radius 3 is 2.33 bits per heavy atom. The summed E-state index contributed by atoms with van der Waals surface area (Å²) in [6.07, 6.45) is 0.218. The average Bonchev–Trinajstić information content (AvgIpc) is 1.96. The summed E-state index contributed by atoms with van der Waals surface area (Å²) in [4.78, 5) is 3.58. The van der Waals surface area contributed by atoms with Crippen molar-refractivity contribution in [3.05, 3.63) is 21.9 Å². The molecule has 4 heteroatoms. The number of aliphatic imine (C=N–C) groups is 1. The lowest BCUT2D eigenvalue weighted by Gasteiger charge is -1.97. The second kappa shape index (κ2) is 6.28. The molecule has 0 saturated heterocycles. The normalized spacial score (nSPS) is 12.7. The molecule has 1 nitrogen and oxygen atoms in total. The van der Waals surface area contributed by atoms with Crippen molar-refractivity contribution in [3.8, 4) is 0 Å². The van der Waals surface area contributed by atoms with E-state index in [0.29, 0.717) is 0 Å². The molecule has 0 aromatic carbocycles. The van der Waals surface area contributed by atoms with Crippen LogP contribution < -0.4 is 0 Å². The average molecular weight is 285 g/mol. The van der Waals surface area contributed by atoms with Crippen molar-refractivity contribution in [2.45, 2.75) is 20.3 Å². The quantitative estimate of drug-likeness (QED) is 0.555. The molecule has 0 bridgehead atoms. The molecular weight excluding hydrogens is 275 g/mol. The smallest absolute Gasteiger partial charge is 0.255 e. The van der Waals surface area contributed by atoms with Gasteiger partial charge in [-0.05, 0) is 24.0 Å². The van der Waals surface area contributed by atoms with Crippen molar-refractivity contribution in [2.75, 3.05) is 0 Å². The van der Waals surface area contributed by atoms with Gasteiger partial charge in [-0.15, -0.1) is 0 Å². The summed E-state index contributed by atoms with van der Waals surface area (Å²) in [6.45, 7) is 3.51. The van der Waals surface area contributed by atoms with E-state index in [4.69, 9.17) is 0 Å². The Morgan fingerprint density at radius 2 is 2.00 bits per heavy atom. The number of alkyl halides is 2. The highest BCUT2D eigenvalue weighted by molar-refractivity contribution is 14.1. The lowest BCUT2D eigenvalue weighted by atomic mass is 10.2. The zero-order chi connectivity index (χ0) is 9.56. The van der Waals surface area contributed by atoms with E-state index in [1.807, 2.05) is 22.6 Å². The van der Waals surface area contributed by atoms with Gasteiger partial charge in [0.2, 0.25) is 0 Å². The molecule has 0 unspecified atom stereocenters. The lowest BCUT2D eigenvalue weighted by Crippen LogP contribution is -2.06. The van der Waals surface area contributed by atoms with Crippen LogP contribution in [0.2, 0.25) is 0 Å². The Hall–Kier alpha value is -0.260. The fourth-order valence-corrected chi connectivity index (χ4v) is 0.727. The molecule has 0 saturated carbocycles. The summed E-state index contributed by atoms with van der Waals surface area (Å²) in [5, 5.41) is 0. The van der Waals surface area contributed by atoms with E-state index in [9.17, 15) is 8.78 Å². The maximum Gasteiger partial charge on any atom is 0.280 e. The first-order valence-corrected chi connectivity index (χ1v) is 4.58. The van der Waals surface area contributed by atoms with Gasteiger partial charge in [0.25, 0.3) is 6.43 Å². The monoisotopic (exact) mass is 285 g/mol.